The maximum absolute atomic E-state index is 5.71. The molecular weight excluding hydrogens is 278 g/mol. The first kappa shape index (κ1) is 12.1. The molecule has 0 spiro atoms. The Morgan fingerprint density at radius 2 is 1.94 bits per heavy atom. The number of nitrogens with zero attached hydrogens (tertiary/aromatic N) is 1. The highest BCUT2D eigenvalue weighted by atomic mass is 79.9. The van der Waals surface area contributed by atoms with E-state index < -0.39 is 0 Å². The maximum Gasteiger partial charge on any atom is 0.233 e. The number of aryl methyl sites for hydroxylation is 2. The van der Waals surface area contributed by atoms with E-state index in [1.54, 1.807) is 6.20 Å². The van der Waals surface area contributed by atoms with Crippen molar-refractivity contribution in [2.45, 2.75) is 20.3 Å². The molecule has 0 amide bonds. The molecule has 0 aliphatic carbocycles. The molecule has 0 aliphatic heterocycles. The van der Waals surface area contributed by atoms with Gasteiger partial charge in [0.05, 0.1) is 4.47 Å². The highest BCUT2D eigenvalue weighted by Gasteiger charge is 2.04. The molecule has 2 rings (SSSR count). The Morgan fingerprint density at radius 3 is 2.53 bits per heavy atom. The van der Waals surface area contributed by atoms with Gasteiger partial charge in [0.1, 0.15) is 5.75 Å². The standard InChI is InChI=1S/C14H14BrNO/c1-3-11-4-6-12(7-5-11)17-14-13(15)8-10(2)9-16-14/h4-9H,3H2,1-2H3. The fourth-order valence-corrected chi connectivity index (χ4v) is 2.05. The molecule has 0 unspecified atom stereocenters. The predicted molar refractivity (Wildman–Crippen MR) is 72.6 cm³/mol. The highest BCUT2D eigenvalue weighted by molar-refractivity contribution is 9.10. The van der Waals surface area contributed by atoms with E-state index >= 15 is 0 Å². The fraction of sp³-hybridized carbons (Fsp3) is 0.214. The van der Waals surface area contributed by atoms with Gasteiger partial charge in [0.2, 0.25) is 5.88 Å². The number of benzene rings is 1. The molecule has 0 radical (unpaired) electrons. The zero-order valence-corrected chi connectivity index (χ0v) is 11.5. The quantitative estimate of drug-likeness (QED) is 0.830. The van der Waals surface area contributed by atoms with Crippen molar-refractivity contribution in [2.75, 3.05) is 0 Å². The second kappa shape index (κ2) is 5.32. The van der Waals surface area contributed by atoms with E-state index in [2.05, 4.69) is 40.0 Å². The molecule has 0 saturated heterocycles. The molecule has 1 aromatic heterocycles. The minimum absolute atomic E-state index is 0.597. The van der Waals surface area contributed by atoms with Gasteiger partial charge in [0.15, 0.2) is 0 Å². The van der Waals surface area contributed by atoms with Gasteiger partial charge < -0.3 is 4.74 Å². The van der Waals surface area contributed by atoms with Crippen molar-refractivity contribution in [3.05, 3.63) is 52.1 Å². The van der Waals surface area contributed by atoms with Gasteiger partial charge in [0, 0.05) is 6.20 Å². The maximum atomic E-state index is 5.71. The van der Waals surface area contributed by atoms with Crippen LogP contribution in [0.25, 0.3) is 0 Å². The first-order valence-electron chi connectivity index (χ1n) is 5.58. The van der Waals surface area contributed by atoms with Gasteiger partial charge in [-0.25, -0.2) is 4.98 Å². The van der Waals surface area contributed by atoms with E-state index in [0.717, 1.165) is 22.2 Å². The second-order valence-electron chi connectivity index (χ2n) is 3.90. The lowest BCUT2D eigenvalue weighted by Crippen LogP contribution is -1.90. The molecule has 0 N–H and O–H groups in total. The van der Waals surface area contributed by atoms with Crippen molar-refractivity contribution in [3.63, 3.8) is 0 Å². The monoisotopic (exact) mass is 291 g/mol. The van der Waals surface area contributed by atoms with Gasteiger partial charge in [-0.1, -0.05) is 19.1 Å². The Labute approximate surface area is 110 Å². The summed E-state index contributed by atoms with van der Waals surface area (Å²) in [6.45, 7) is 4.13. The molecule has 3 heteroatoms. The summed E-state index contributed by atoms with van der Waals surface area (Å²) in [5, 5.41) is 0. The predicted octanol–water partition coefficient (Wildman–Crippen LogP) is 4.51. The van der Waals surface area contributed by atoms with Crippen LogP contribution in [0.4, 0.5) is 0 Å². The normalized spacial score (nSPS) is 10.3. The van der Waals surface area contributed by atoms with Crippen LogP contribution in [-0.4, -0.2) is 4.98 Å². The summed E-state index contributed by atoms with van der Waals surface area (Å²) in [5.74, 6) is 1.40. The molecule has 0 bridgehead atoms. The van der Waals surface area contributed by atoms with Gasteiger partial charge in [-0.2, -0.15) is 0 Å². The molecule has 1 aromatic carbocycles. The van der Waals surface area contributed by atoms with Crippen molar-refractivity contribution in [3.8, 4) is 11.6 Å². The largest absolute Gasteiger partial charge is 0.438 e. The van der Waals surface area contributed by atoms with Gasteiger partial charge >= 0.3 is 0 Å². The van der Waals surface area contributed by atoms with Crippen LogP contribution in [0.5, 0.6) is 11.6 Å². The average Bonchev–Trinajstić information content (AvgIpc) is 2.34. The summed E-state index contributed by atoms with van der Waals surface area (Å²) in [6.07, 6.45) is 2.83. The van der Waals surface area contributed by atoms with Crippen LogP contribution in [0.3, 0.4) is 0 Å². The number of pyridine rings is 1. The molecule has 88 valence electrons. The van der Waals surface area contributed by atoms with Crippen LogP contribution >= 0.6 is 15.9 Å². The van der Waals surface area contributed by atoms with Gasteiger partial charge in [-0.15, -0.1) is 0 Å². The lowest BCUT2D eigenvalue weighted by atomic mass is 10.2. The summed E-state index contributed by atoms with van der Waals surface area (Å²) < 4.78 is 6.58. The average molecular weight is 292 g/mol. The smallest absolute Gasteiger partial charge is 0.233 e. The molecule has 17 heavy (non-hydrogen) atoms. The summed E-state index contributed by atoms with van der Waals surface area (Å²) in [6, 6.07) is 10.1. The van der Waals surface area contributed by atoms with Crippen molar-refractivity contribution < 1.29 is 4.74 Å². The van der Waals surface area contributed by atoms with Crippen molar-refractivity contribution in [1.29, 1.82) is 0 Å². The fourth-order valence-electron chi connectivity index (χ4n) is 1.50. The van der Waals surface area contributed by atoms with Crippen LogP contribution in [0.2, 0.25) is 0 Å². The minimum Gasteiger partial charge on any atom is -0.438 e. The lowest BCUT2D eigenvalue weighted by Gasteiger charge is -2.07. The number of ether oxygens (including phenoxy) is 1. The highest BCUT2D eigenvalue weighted by Crippen LogP contribution is 2.27. The van der Waals surface area contributed by atoms with E-state index in [0.29, 0.717) is 5.88 Å². The Morgan fingerprint density at radius 1 is 1.24 bits per heavy atom. The van der Waals surface area contributed by atoms with Crippen molar-refractivity contribution >= 4 is 15.9 Å². The van der Waals surface area contributed by atoms with Crippen LogP contribution in [0.1, 0.15) is 18.1 Å². The number of hydrogen-bond acceptors (Lipinski definition) is 2. The Bertz CT molecular complexity index is 508. The van der Waals surface area contributed by atoms with E-state index in [1.807, 2.05) is 25.1 Å². The van der Waals surface area contributed by atoms with E-state index in [4.69, 9.17) is 4.74 Å². The number of aromatic nitrogens is 1. The second-order valence-corrected chi connectivity index (χ2v) is 4.75. The summed E-state index contributed by atoms with van der Waals surface area (Å²) in [5.41, 5.74) is 2.40. The zero-order chi connectivity index (χ0) is 12.3. The third-order valence-electron chi connectivity index (χ3n) is 2.49. The Kier molecular flexibility index (Phi) is 3.79. The third kappa shape index (κ3) is 3.07. The Balaban J connectivity index is 2.19. The van der Waals surface area contributed by atoms with Crippen molar-refractivity contribution in [2.24, 2.45) is 0 Å². The summed E-state index contributed by atoms with van der Waals surface area (Å²) in [4.78, 5) is 4.25. The molecule has 0 fully saturated rings. The van der Waals surface area contributed by atoms with E-state index in [-0.39, 0.29) is 0 Å². The molecule has 0 atom stereocenters. The zero-order valence-electron chi connectivity index (χ0n) is 9.90. The summed E-state index contributed by atoms with van der Waals surface area (Å²) >= 11 is 3.45. The Hall–Kier alpha value is -1.35. The van der Waals surface area contributed by atoms with Crippen LogP contribution in [-0.2, 0) is 6.42 Å². The van der Waals surface area contributed by atoms with Gasteiger partial charge in [-0.05, 0) is 58.6 Å². The molecule has 1 heterocycles. The lowest BCUT2D eigenvalue weighted by molar-refractivity contribution is 0.459. The van der Waals surface area contributed by atoms with Gasteiger partial charge in [-0.3, -0.25) is 0 Å². The minimum atomic E-state index is 0.597. The SMILES string of the molecule is CCc1ccc(Oc2ncc(C)cc2Br)cc1. The molecule has 2 aromatic rings. The van der Waals surface area contributed by atoms with E-state index in [9.17, 15) is 0 Å². The molecule has 0 saturated carbocycles. The topological polar surface area (TPSA) is 22.1 Å². The number of halogens is 1. The van der Waals surface area contributed by atoms with Crippen LogP contribution in [0.15, 0.2) is 41.0 Å². The number of hydrogen-bond donors (Lipinski definition) is 0. The van der Waals surface area contributed by atoms with Crippen LogP contribution in [0, 0.1) is 6.92 Å². The molecule has 0 aliphatic rings. The molecule has 2 nitrogen and oxygen atoms in total. The van der Waals surface area contributed by atoms with Gasteiger partial charge in [0.25, 0.3) is 0 Å². The third-order valence-corrected chi connectivity index (χ3v) is 3.06. The van der Waals surface area contributed by atoms with Crippen LogP contribution < -0.4 is 4.74 Å². The molecular formula is C14H14BrNO. The number of rotatable bonds is 3. The first-order valence-corrected chi connectivity index (χ1v) is 6.37. The van der Waals surface area contributed by atoms with Crippen molar-refractivity contribution in [1.82, 2.24) is 4.98 Å². The van der Waals surface area contributed by atoms with E-state index in [1.165, 1.54) is 5.56 Å². The summed E-state index contributed by atoms with van der Waals surface area (Å²) in [7, 11) is 0. The first-order chi connectivity index (χ1) is 8.19.